The van der Waals surface area contributed by atoms with E-state index in [0.717, 1.165) is 12.8 Å². The largest absolute Gasteiger partial charge is 0.469 e. The van der Waals surface area contributed by atoms with E-state index in [9.17, 15) is 9.59 Å². The van der Waals surface area contributed by atoms with Crippen LogP contribution in [-0.2, 0) is 14.3 Å². The number of unbranched alkanes of at least 4 members (excludes halogenated alkanes) is 3. The fraction of sp³-hybridized carbons (Fsp3) is 0.833. The van der Waals surface area contributed by atoms with Crippen LogP contribution in [0.1, 0.15) is 58.3 Å². The fourth-order valence-electron chi connectivity index (χ4n) is 1.41. The van der Waals surface area contributed by atoms with Crippen molar-refractivity contribution in [2.75, 3.05) is 7.11 Å². The third-order valence-corrected chi connectivity index (χ3v) is 2.37. The maximum atomic E-state index is 11.3. The highest BCUT2D eigenvalue weighted by molar-refractivity contribution is 5.79. The van der Waals surface area contributed by atoms with Crippen molar-refractivity contribution in [3.63, 3.8) is 0 Å². The number of esters is 1. The Bertz CT molecular complexity index is 187. The van der Waals surface area contributed by atoms with E-state index in [1.807, 2.05) is 0 Å². The molecule has 15 heavy (non-hydrogen) atoms. The summed E-state index contributed by atoms with van der Waals surface area (Å²) >= 11 is 0. The summed E-state index contributed by atoms with van der Waals surface area (Å²) in [5, 5.41) is 0. The lowest BCUT2D eigenvalue weighted by molar-refractivity contribution is -0.140. The van der Waals surface area contributed by atoms with Crippen LogP contribution in [0.5, 0.6) is 0 Å². The molecule has 0 aliphatic heterocycles. The molecule has 0 aromatic heterocycles. The summed E-state index contributed by atoms with van der Waals surface area (Å²) in [4.78, 5) is 22.1. The number of rotatable bonds is 9. The molecule has 3 nitrogen and oxygen atoms in total. The predicted octanol–water partition coefficient (Wildman–Crippen LogP) is 2.87. The molecule has 0 saturated carbocycles. The summed E-state index contributed by atoms with van der Waals surface area (Å²) in [6.07, 6.45) is 6.69. The second-order valence-electron chi connectivity index (χ2n) is 3.78. The lowest BCUT2D eigenvalue weighted by Gasteiger charge is -2.00. The van der Waals surface area contributed by atoms with Gasteiger partial charge in [-0.1, -0.05) is 26.2 Å². The van der Waals surface area contributed by atoms with E-state index < -0.39 is 0 Å². The number of hydrogen-bond acceptors (Lipinski definition) is 3. The fourth-order valence-corrected chi connectivity index (χ4v) is 1.41. The van der Waals surface area contributed by atoms with E-state index in [0.29, 0.717) is 25.7 Å². The molecule has 0 radical (unpaired) electrons. The van der Waals surface area contributed by atoms with E-state index in [1.165, 1.54) is 20.0 Å². The summed E-state index contributed by atoms with van der Waals surface area (Å²) < 4.78 is 4.49. The molecular formula is C12H22O3. The topological polar surface area (TPSA) is 43.4 Å². The van der Waals surface area contributed by atoms with Crippen molar-refractivity contribution in [3.05, 3.63) is 0 Å². The first-order valence-electron chi connectivity index (χ1n) is 5.79. The van der Waals surface area contributed by atoms with Crippen LogP contribution in [0.3, 0.4) is 0 Å². The molecule has 0 rings (SSSR count). The van der Waals surface area contributed by atoms with Crippen molar-refractivity contribution >= 4 is 11.8 Å². The van der Waals surface area contributed by atoms with Gasteiger partial charge in [0.05, 0.1) is 7.11 Å². The van der Waals surface area contributed by atoms with Gasteiger partial charge in [0.15, 0.2) is 0 Å². The smallest absolute Gasteiger partial charge is 0.305 e. The van der Waals surface area contributed by atoms with Gasteiger partial charge in [0.2, 0.25) is 0 Å². The minimum atomic E-state index is -0.228. The normalized spacial score (nSPS) is 10.0. The molecule has 3 heteroatoms. The molecule has 0 N–H and O–H groups in total. The third kappa shape index (κ3) is 9.44. The van der Waals surface area contributed by atoms with Gasteiger partial charge in [-0.2, -0.15) is 0 Å². The first-order chi connectivity index (χ1) is 7.20. The average Bonchev–Trinajstić information content (AvgIpc) is 2.24. The molecule has 0 aliphatic rings. The first kappa shape index (κ1) is 14.1. The Labute approximate surface area is 92.2 Å². The molecule has 0 unspecified atom stereocenters. The van der Waals surface area contributed by atoms with Crippen LogP contribution in [-0.4, -0.2) is 18.9 Å². The lowest BCUT2D eigenvalue weighted by atomic mass is 10.1. The van der Waals surface area contributed by atoms with Gasteiger partial charge in [-0.25, -0.2) is 0 Å². The molecule has 0 saturated heterocycles. The summed E-state index contributed by atoms with van der Waals surface area (Å²) in [6.45, 7) is 2.15. The van der Waals surface area contributed by atoms with Gasteiger partial charge in [-0.15, -0.1) is 0 Å². The van der Waals surface area contributed by atoms with Crippen LogP contribution in [0.4, 0.5) is 0 Å². The van der Waals surface area contributed by atoms with Gasteiger partial charge in [0, 0.05) is 19.3 Å². The van der Waals surface area contributed by atoms with Gasteiger partial charge in [-0.05, 0) is 12.8 Å². The van der Waals surface area contributed by atoms with Gasteiger partial charge < -0.3 is 4.74 Å². The number of ether oxygens (including phenoxy) is 1. The minimum Gasteiger partial charge on any atom is -0.469 e. The van der Waals surface area contributed by atoms with Crippen LogP contribution < -0.4 is 0 Å². The Morgan fingerprint density at radius 3 is 2.20 bits per heavy atom. The van der Waals surface area contributed by atoms with Crippen molar-refractivity contribution < 1.29 is 14.3 Å². The molecular weight excluding hydrogens is 192 g/mol. The van der Waals surface area contributed by atoms with E-state index in [2.05, 4.69) is 11.7 Å². The van der Waals surface area contributed by atoms with Crippen LogP contribution in [0.15, 0.2) is 0 Å². The van der Waals surface area contributed by atoms with Crippen molar-refractivity contribution in [3.8, 4) is 0 Å². The van der Waals surface area contributed by atoms with Crippen molar-refractivity contribution in [2.45, 2.75) is 58.3 Å². The van der Waals surface area contributed by atoms with Crippen LogP contribution >= 0.6 is 0 Å². The van der Waals surface area contributed by atoms with E-state index in [-0.39, 0.29) is 11.8 Å². The zero-order valence-corrected chi connectivity index (χ0v) is 9.88. The summed E-state index contributed by atoms with van der Waals surface area (Å²) in [6, 6.07) is 0. The Morgan fingerprint density at radius 1 is 0.933 bits per heavy atom. The number of carbonyl (C=O) groups is 2. The van der Waals surface area contributed by atoms with Gasteiger partial charge >= 0.3 is 5.97 Å². The van der Waals surface area contributed by atoms with E-state index >= 15 is 0 Å². The Kier molecular flexibility index (Phi) is 9.13. The Morgan fingerprint density at radius 2 is 1.60 bits per heavy atom. The summed E-state index contributed by atoms with van der Waals surface area (Å²) in [7, 11) is 1.37. The predicted molar refractivity (Wildman–Crippen MR) is 59.6 cm³/mol. The molecule has 0 heterocycles. The molecule has 0 aromatic carbocycles. The van der Waals surface area contributed by atoms with Crippen LogP contribution in [0, 0.1) is 0 Å². The Hall–Kier alpha value is -0.860. The van der Waals surface area contributed by atoms with Crippen LogP contribution in [0.2, 0.25) is 0 Å². The lowest BCUT2D eigenvalue weighted by Crippen LogP contribution is -2.03. The SMILES string of the molecule is CCCCCCC(=O)CCCC(=O)OC. The highest BCUT2D eigenvalue weighted by Gasteiger charge is 2.04. The standard InChI is InChI=1S/C12H22O3/c1-3-4-5-6-8-11(13)9-7-10-12(14)15-2/h3-10H2,1-2H3. The molecule has 0 bridgehead atoms. The number of hydrogen-bond donors (Lipinski definition) is 0. The van der Waals surface area contributed by atoms with Gasteiger partial charge in [0.1, 0.15) is 5.78 Å². The van der Waals surface area contributed by atoms with E-state index in [4.69, 9.17) is 0 Å². The minimum absolute atomic E-state index is 0.228. The number of methoxy groups -OCH3 is 1. The number of Topliss-reactive ketones (excluding diaryl/α,β-unsaturated/α-hetero) is 1. The average molecular weight is 214 g/mol. The highest BCUT2D eigenvalue weighted by atomic mass is 16.5. The summed E-state index contributed by atoms with van der Waals surface area (Å²) in [5.41, 5.74) is 0. The molecule has 88 valence electrons. The van der Waals surface area contributed by atoms with Crippen molar-refractivity contribution in [1.29, 1.82) is 0 Å². The number of ketones is 1. The second-order valence-corrected chi connectivity index (χ2v) is 3.78. The van der Waals surface area contributed by atoms with Crippen molar-refractivity contribution in [2.24, 2.45) is 0 Å². The maximum absolute atomic E-state index is 11.3. The molecule has 0 fully saturated rings. The number of carbonyl (C=O) groups excluding carboxylic acids is 2. The third-order valence-electron chi connectivity index (χ3n) is 2.37. The monoisotopic (exact) mass is 214 g/mol. The Balaban J connectivity index is 3.29. The van der Waals surface area contributed by atoms with Crippen LogP contribution in [0.25, 0.3) is 0 Å². The van der Waals surface area contributed by atoms with Gasteiger partial charge in [-0.3, -0.25) is 9.59 Å². The first-order valence-corrected chi connectivity index (χ1v) is 5.79. The molecule has 0 spiro atoms. The molecule has 0 aliphatic carbocycles. The highest BCUT2D eigenvalue weighted by Crippen LogP contribution is 2.06. The molecule has 0 aromatic rings. The van der Waals surface area contributed by atoms with E-state index in [1.54, 1.807) is 0 Å². The van der Waals surface area contributed by atoms with Gasteiger partial charge in [0.25, 0.3) is 0 Å². The zero-order valence-electron chi connectivity index (χ0n) is 9.88. The molecule has 0 atom stereocenters. The summed E-state index contributed by atoms with van der Waals surface area (Å²) in [5.74, 6) is 0.0452. The second kappa shape index (κ2) is 9.69. The zero-order chi connectivity index (χ0) is 11.5. The maximum Gasteiger partial charge on any atom is 0.305 e. The molecule has 0 amide bonds. The van der Waals surface area contributed by atoms with Crippen molar-refractivity contribution in [1.82, 2.24) is 0 Å². The quantitative estimate of drug-likeness (QED) is 0.438.